The first-order valence-electron chi connectivity index (χ1n) is 8.68. The molecule has 146 valence electrons. The van der Waals surface area contributed by atoms with Gasteiger partial charge in [-0.1, -0.05) is 18.2 Å². The Morgan fingerprint density at radius 3 is 2.39 bits per heavy atom. The second kappa shape index (κ2) is 7.83. The molecule has 0 aromatic heterocycles. The van der Waals surface area contributed by atoms with Gasteiger partial charge in [0.15, 0.2) is 11.5 Å². The highest BCUT2D eigenvalue weighted by molar-refractivity contribution is 14.1. The zero-order chi connectivity index (χ0) is 20.5. The van der Waals surface area contributed by atoms with Crippen molar-refractivity contribution < 1.29 is 19.1 Å². The van der Waals surface area contributed by atoms with E-state index < -0.39 is 11.8 Å². The molecule has 1 saturated heterocycles. The zero-order valence-electron chi connectivity index (χ0n) is 16.1. The SMILES string of the molecule is COc1cc(/C=C2/C(=O)NN(c3ccccc3)C2=O)cc(I)c1OC(C)(C)C. The molecule has 2 aromatic rings. The predicted molar refractivity (Wildman–Crippen MR) is 116 cm³/mol. The molecule has 0 radical (unpaired) electrons. The molecule has 0 spiro atoms. The van der Waals surface area contributed by atoms with Gasteiger partial charge in [-0.15, -0.1) is 0 Å². The smallest absolute Gasteiger partial charge is 0.282 e. The standard InChI is InChI=1S/C21H21IN2O4/c1-21(2,3)28-18-16(22)11-13(12-17(18)27-4)10-15-19(25)23-24(20(15)26)14-8-6-5-7-9-14/h5-12H,1-4H3,(H,23,25)/b15-10-. The third-order valence-corrected chi connectivity index (χ3v) is 4.68. The number of rotatable bonds is 4. The second-order valence-corrected chi connectivity index (χ2v) is 8.39. The molecule has 7 heteroatoms. The van der Waals surface area contributed by atoms with Gasteiger partial charge in [-0.2, -0.15) is 0 Å². The van der Waals surface area contributed by atoms with Gasteiger partial charge >= 0.3 is 0 Å². The van der Waals surface area contributed by atoms with Crippen LogP contribution in [0.15, 0.2) is 48.0 Å². The number of amides is 2. The van der Waals surface area contributed by atoms with Crippen LogP contribution in [-0.2, 0) is 9.59 Å². The van der Waals surface area contributed by atoms with Crippen molar-refractivity contribution in [1.82, 2.24) is 5.43 Å². The number of hydrogen-bond acceptors (Lipinski definition) is 4. The summed E-state index contributed by atoms with van der Waals surface area (Å²) in [6.45, 7) is 5.87. The van der Waals surface area contributed by atoms with E-state index in [2.05, 4.69) is 28.0 Å². The molecule has 0 aliphatic carbocycles. The fourth-order valence-corrected chi connectivity index (χ4v) is 3.45. The van der Waals surface area contributed by atoms with Crippen molar-refractivity contribution in [2.24, 2.45) is 0 Å². The molecule has 0 saturated carbocycles. The van der Waals surface area contributed by atoms with Crippen molar-refractivity contribution in [1.29, 1.82) is 0 Å². The van der Waals surface area contributed by atoms with E-state index in [0.29, 0.717) is 22.7 Å². The Bertz CT molecular complexity index is 949. The summed E-state index contributed by atoms with van der Waals surface area (Å²) >= 11 is 2.16. The summed E-state index contributed by atoms with van der Waals surface area (Å²) in [5.74, 6) is 0.323. The zero-order valence-corrected chi connectivity index (χ0v) is 18.2. The topological polar surface area (TPSA) is 67.9 Å². The molecule has 1 heterocycles. The molecular formula is C21H21IN2O4. The molecule has 0 unspecified atom stereocenters. The monoisotopic (exact) mass is 492 g/mol. The molecule has 1 N–H and O–H groups in total. The third-order valence-electron chi connectivity index (χ3n) is 3.88. The Balaban J connectivity index is 1.96. The van der Waals surface area contributed by atoms with E-state index in [4.69, 9.17) is 9.47 Å². The first-order valence-corrected chi connectivity index (χ1v) is 9.76. The van der Waals surface area contributed by atoms with Crippen LogP contribution in [0.1, 0.15) is 26.3 Å². The van der Waals surface area contributed by atoms with Crippen molar-refractivity contribution in [2.75, 3.05) is 12.1 Å². The van der Waals surface area contributed by atoms with Gasteiger partial charge in [0, 0.05) is 0 Å². The number of anilines is 1. The summed E-state index contributed by atoms with van der Waals surface area (Å²) in [4.78, 5) is 25.1. The van der Waals surface area contributed by atoms with E-state index in [1.54, 1.807) is 43.5 Å². The fourth-order valence-electron chi connectivity index (χ4n) is 2.71. The number of ether oxygens (including phenoxy) is 2. The number of para-hydroxylation sites is 1. The van der Waals surface area contributed by atoms with Gasteiger partial charge in [-0.3, -0.25) is 15.0 Å². The maximum Gasteiger partial charge on any atom is 0.282 e. The maximum absolute atomic E-state index is 12.7. The first-order chi connectivity index (χ1) is 13.2. The van der Waals surface area contributed by atoms with Gasteiger partial charge in [-0.05, 0) is 79.3 Å². The van der Waals surface area contributed by atoms with Crippen LogP contribution >= 0.6 is 22.6 Å². The number of benzene rings is 2. The van der Waals surface area contributed by atoms with Crippen LogP contribution < -0.4 is 19.9 Å². The number of hydrazine groups is 1. The Morgan fingerprint density at radius 1 is 1.11 bits per heavy atom. The van der Waals surface area contributed by atoms with E-state index in [1.165, 1.54) is 5.01 Å². The summed E-state index contributed by atoms with van der Waals surface area (Å²) in [7, 11) is 1.56. The molecule has 1 fully saturated rings. The number of nitrogens with zero attached hydrogens (tertiary/aromatic N) is 1. The average molecular weight is 492 g/mol. The fraction of sp³-hybridized carbons (Fsp3) is 0.238. The van der Waals surface area contributed by atoms with E-state index in [-0.39, 0.29) is 11.2 Å². The van der Waals surface area contributed by atoms with Gasteiger partial charge in [0.2, 0.25) is 0 Å². The molecule has 1 aliphatic heterocycles. The van der Waals surface area contributed by atoms with Crippen LogP contribution in [-0.4, -0.2) is 24.5 Å². The second-order valence-electron chi connectivity index (χ2n) is 7.22. The first kappa shape index (κ1) is 20.2. The minimum Gasteiger partial charge on any atom is -0.493 e. The molecule has 2 aromatic carbocycles. The van der Waals surface area contributed by atoms with E-state index >= 15 is 0 Å². The lowest BCUT2D eigenvalue weighted by molar-refractivity contribution is -0.117. The number of nitrogens with one attached hydrogen (secondary N) is 1. The van der Waals surface area contributed by atoms with E-state index in [0.717, 1.165) is 3.57 Å². The highest BCUT2D eigenvalue weighted by Crippen LogP contribution is 2.37. The highest BCUT2D eigenvalue weighted by atomic mass is 127. The number of carbonyl (C=O) groups excluding carboxylic acids is 2. The molecule has 6 nitrogen and oxygen atoms in total. The van der Waals surface area contributed by atoms with Crippen LogP contribution in [0.25, 0.3) is 6.08 Å². The van der Waals surface area contributed by atoms with Crippen molar-refractivity contribution >= 4 is 46.2 Å². The summed E-state index contributed by atoms with van der Waals surface area (Å²) in [6.07, 6.45) is 1.56. The lowest BCUT2D eigenvalue weighted by Crippen LogP contribution is -2.35. The molecule has 1 aliphatic rings. The van der Waals surface area contributed by atoms with E-state index in [1.807, 2.05) is 32.9 Å². The maximum atomic E-state index is 12.7. The number of halogens is 1. The summed E-state index contributed by atoms with van der Waals surface area (Å²) < 4.78 is 12.3. The van der Waals surface area contributed by atoms with Gasteiger partial charge in [-0.25, -0.2) is 5.01 Å². The Kier molecular flexibility index (Phi) is 5.64. The van der Waals surface area contributed by atoms with Crippen LogP contribution in [0.4, 0.5) is 5.69 Å². The minimum absolute atomic E-state index is 0.0613. The number of carbonyl (C=O) groups is 2. The number of hydrogen-bond donors (Lipinski definition) is 1. The molecule has 0 bridgehead atoms. The van der Waals surface area contributed by atoms with Crippen molar-refractivity contribution in [3.8, 4) is 11.5 Å². The molecular weight excluding hydrogens is 471 g/mol. The van der Waals surface area contributed by atoms with Crippen molar-refractivity contribution in [3.05, 3.63) is 57.2 Å². The lowest BCUT2D eigenvalue weighted by Gasteiger charge is -2.24. The molecule has 3 rings (SSSR count). The van der Waals surface area contributed by atoms with Crippen LogP contribution in [0, 0.1) is 3.57 Å². The Hall–Kier alpha value is -2.55. The average Bonchev–Trinajstić information content (AvgIpc) is 2.91. The number of methoxy groups -OCH3 is 1. The van der Waals surface area contributed by atoms with E-state index in [9.17, 15) is 9.59 Å². The van der Waals surface area contributed by atoms with Crippen LogP contribution in [0.3, 0.4) is 0 Å². The lowest BCUT2D eigenvalue weighted by atomic mass is 10.1. The van der Waals surface area contributed by atoms with Gasteiger partial charge in [0.25, 0.3) is 11.8 Å². The minimum atomic E-state index is -0.446. The quantitative estimate of drug-likeness (QED) is 0.399. The molecule has 2 amide bonds. The van der Waals surface area contributed by atoms with Gasteiger partial charge in [0.1, 0.15) is 11.2 Å². The summed E-state index contributed by atoms with van der Waals surface area (Å²) in [5, 5.41) is 1.24. The van der Waals surface area contributed by atoms with Crippen LogP contribution in [0.2, 0.25) is 0 Å². The van der Waals surface area contributed by atoms with Crippen molar-refractivity contribution in [2.45, 2.75) is 26.4 Å². The van der Waals surface area contributed by atoms with Crippen molar-refractivity contribution in [3.63, 3.8) is 0 Å². The summed E-state index contributed by atoms with van der Waals surface area (Å²) in [6, 6.07) is 12.6. The Morgan fingerprint density at radius 2 is 1.79 bits per heavy atom. The summed E-state index contributed by atoms with van der Waals surface area (Å²) in [5.41, 5.74) is 3.55. The molecule has 0 atom stereocenters. The normalized spacial score (nSPS) is 15.8. The Labute approximate surface area is 177 Å². The predicted octanol–water partition coefficient (Wildman–Crippen LogP) is 3.94. The highest BCUT2D eigenvalue weighted by Gasteiger charge is 2.34. The van der Waals surface area contributed by atoms with Crippen LogP contribution in [0.5, 0.6) is 11.5 Å². The van der Waals surface area contributed by atoms with Gasteiger partial charge < -0.3 is 9.47 Å². The third kappa shape index (κ3) is 4.30. The van der Waals surface area contributed by atoms with Gasteiger partial charge in [0.05, 0.1) is 16.4 Å². The largest absolute Gasteiger partial charge is 0.493 e. The molecule has 28 heavy (non-hydrogen) atoms.